The van der Waals surface area contributed by atoms with Gasteiger partial charge in [-0.25, -0.2) is 17.6 Å². The third kappa shape index (κ3) is 6.21. The Morgan fingerprint density at radius 2 is 1.32 bits per heavy atom. The first kappa shape index (κ1) is 27.9. The molecule has 5 atom stereocenters. The summed E-state index contributed by atoms with van der Waals surface area (Å²) in [5.41, 5.74) is -4.98. The summed E-state index contributed by atoms with van der Waals surface area (Å²) in [4.78, 5) is 0. The summed E-state index contributed by atoms with van der Waals surface area (Å²) < 4.78 is 54.2. The van der Waals surface area contributed by atoms with Crippen LogP contribution >= 0.6 is 0 Å². The summed E-state index contributed by atoms with van der Waals surface area (Å²) >= 11 is 0. The fourth-order valence-electron chi connectivity index (χ4n) is 4.02. The number of benzene rings is 2. The molecule has 10 heteroatoms. The fraction of sp³-hybridized carbons (Fsp3) is 0.417. The van der Waals surface area contributed by atoms with Crippen LogP contribution in [0.3, 0.4) is 0 Å². The van der Waals surface area contributed by atoms with E-state index >= 15 is 0 Å². The number of hydrogen-bond donors (Lipinski definition) is 6. The maximum absolute atomic E-state index is 13.7. The topological polar surface area (TPSA) is 121 Å². The van der Waals surface area contributed by atoms with Gasteiger partial charge in [0, 0.05) is 12.8 Å². The van der Waals surface area contributed by atoms with Gasteiger partial charge in [0.25, 0.3) is 0 Å². The minimum Gasteiger partial charge on any atom is -0.394 e. The van der Waals surface area contributed by atoms with Gasteiger partial charge in [-0.3, -0.25) is 0 Å². The van der Waals surface area contributed by atoms with E-state index in [1.165, 1.54) is 6.92 Å². The Morgan fingerprint density at radius 3 is 1.74 bits per heavy atom. The molecule has 0 radical (unpaired) electrons. The van der Waals surface area contributed by atoms with Crippen molar-refractivity contribution in [1.29, 1.82) is 0 Å². The summed E-state index contributed by atoms with van der Waals surface area (Å²) in [5.74, 6) is -4.85. The van der Waals surface area contributed by atoms with E-state index in [2.05, 4.69) is 6.58 Å². The molecule has 2 aromatic rings. The standard InChI is InChI=1S/C24H28F4O6/c1-13(2)9-23(33,10-14-3-5-16(25)18(27)7-14)22(32)24(34,21(31)20(30)12-29)11-15-4-6-17(26)19(28)8-15/h3-8,20-22,29-34H,1,9-12H2,2H3/t20-,21+,22+,23?,24+/m0/s1. The van der Waals surface area contributed by atoms with Gasteiger partial charge >= 0.3 is 0 Å². The molecule has 0 saturated carbocycles. The van der Waals surface area contributed by atoms with E-state index in [0.29, 0.717) is 11.6 Å². The van der Waals surface area contributed by atoms with Crippen LogP contribution < -0.4 is 0 Å². The minimum atomic E-state index is -2.82. The maximum atomic E-state index is 13.7. The zero-order valence-corrected chi connectivity index (χ0v) is 18.4. The normalized spacial score (nSPS) is 18.0. The quantitative estimate of drug-likeness (QED) is 0.211. The second-order valence-corrected chi connectivity index (χ2v) is 8.68. The van der Waals surface area contributed by atoms with Crippen LogP contribution in [0.5, 0.6) is 0 Å². The Labute approximate surface area is 194 Å². The van der Waals surface area contributed by atoms with Crippen molar-refractivity contribution in [3.63, 3.8) is 0 Å². The average Bonchev–Trinajstić information content (AvgIpc) is 2.76. The van der Waals surface area contributed by atoms with Gasteiger partial charge in [0.2, 0.25) is 0 Å². The lowest BCUT2D eigenvalue weighted by Crippen LogP contribution is -2.66. The number of halogens is 4. The van der Waals surface area contributed by atoms with Crippen molar-refractivity contribution in [2.45, 2.75) is 55.7 Å². The lowest BCUT2D eigenvalue weighted by molar-refractivity contribution is -0.228. The van der Waals surface area contributed by atoms with Gasteiger partial charge in [-0.15, -0.1) is 6.58 Å². The third-order valence-electron chi connectivity index (χ3n) is 5.62. The molecule has 0 bridgehead atoms. The van der Waals surface area contributed by atoms with E-state index in [1.807, 2.05) is 0 Å². The highest BCUT2D eigenvalue weighted by molar-refractivity contribution is 5.25. The summed E-state index contributed by atoms with van der Waals surface area (Å²) in [6.45, 7) is 4.09. The zero-order valence-electron chi connectivity index (χ0n) is 18.4. The molecule has 188 valence electrons. The summed E-state index contributed by atoms with van der Waals surface area (Å²) in [5, 5.41) is 63.8. The molecule has 6 nitrogen and oxygen atoms in total. The molecule has 0 aliphatic carbocycles. The first-order chi connectivity index (χ1) is 15.7. The Morgan fingerprint density at radius 1 is 0.853 bits per heavy atom. The van der Waals surface area contributed by atoms with Gasteiger partial charge in [-0.05, 0) is 48.7 Å². The molecule has 0 heterocycles. The van der Waals surface area contributed by atoms with Crippen LogP contribution in [0.2, 0.25) is 0 Å². The molecule has 0 spiro atoms. The Bertz CT molecular complexity index is 1020. The molecule has 0 amide bonds. The zero-order chi connectivity index (χ0) is 25.8. The molecule has 0 aliphatic heterocycles. The molecule has 34 heavy (non-hydrogen) atoms. The largest absolute Gasteiger partial charge is 0.394 e. The third-order valence-corrected chi connectivity index (χ3v) is 5.62. The number of aliphatic hydroxyl groups is 6. The average molecular weight is 488 g/mol. The monoisotopic (exact) mass is 488 g/mol. The van der Waals surface area contributed by atoms with Gasteiger partial charge in [-0.2, -0.15) is 0 Å². The molecular formula is C24H28F4O6. The van der Waals surface area contributed by atoms with Crippen LogP contribution in [-0.2, 0) is 12.8 Å². The molecular weight excluding hydrogens is 460 g/mol. The molecule has 0 saturated heterocycles. The fourth-order valence-corrected chi connectivity index (χ4v) is 4.02. The van der Waals surface area contributed by atoms with Crippen LogP contribution in [0, 0.1) is 23.3 Å². The lowest BCUT2D eigenvalue weighted by atomic mass is 9.71. The minimum absolute atomic E-state index is 0.0223. The predicted octanol–water partition coefficient (Wildman–Crippen LogP) is 1.53. The smallest absolute Gasteiger partial charge is 0.159 e. The van der Waals surface area contributed by atoms with E-state index in [4.69, 9.17) is 0 Å². The maximum Gasteiger partial charge on any atom is 0.159 e. The predicted molar refractivity (Wildman–Crippen MR) is 115 cm³/mol. The Balaban J connectivity index is 2.57. The van der Waals surface area contributed by atoms with Crippen molar-refractivity contribution in [2.24, 2.45) is 0 Å². The summed E-state index contributed by atoms with van der Waals surface area (Å²) in [7, 11) is 0. The van der Waals surface area contributed by atoms with Gasteiger partial charge in [0.05, 0.1) is 6.61 Å². The molecule has 2 rings (SSSR count). The number of hydrogen-bond acceptors (Lipinski definition) is 6. The Hall–Kier alpha value is -2.34. The summed E-state index contributed by atoms with van der Waals surface area (Å²) in [6.07, 6.45) is -8.33. The van der Waals surface area contributed by atoms with E-state index in [0.717, 1.165) is 30.3 Å². The van der Waals surface area contributed by atoms with Crippen molar-refractivity contribution in [3.05, 3.63) is 82.9 Å². The van der Waals surface area contributed by atoms with Crippen LogP contribution in [0.1, 0.15) is 24.5 Å². The number of aliphatic hydroxyl groups excluding tert-OH is 4. The molecule has 0 aromatic heterocycles. The van der Waals surface area contributed by atoms with Crippen molar-refractivity contribution < 1.29 is 48.2 Å². The van der Waals surface area contributed by atoms with Crippen molar-refractivity contribution in [2.75, 3.05) is 6.61 Å². The highest BCUT2D eigenvalue weighted by Gasteiger charge is 2.54. The van der Waals surface area contributed by atoms with Crippen molar-refractivity contribution >= 4 is 0 Å². The lowest BCUT2D eigenvalue weighted by Gasteiger charge is -2.46. The van der Waals surface area contributed by atoms with Crippen LogP contribution in [0.4, 0.5) is 17.6 Å². The second-order valence-electron chi connectivity index (χ2n) is 8.68. The summed E-state index contributed by atoms with van der Waals surface area (Å²) in [6, 6.07) is 5.21. The molecule has 1 unspecified atom stereocenters. The molecule has 2 aromatic carbocycles. The SMILES string of the molecule is C=C(C)CC(O)(Cc1ccc(F)c(F)c1)[C@@H](O)[C@@](O)(Cc1ccc(F)c(F)c1)[C@H](O)[C@@H](O)CO. The van der Waals surface area contributed by atoms with Gasteiger partial charge in [0.1, 0.15) is 29.5 Å². The first-order valence-corrected chi connectivity index (χ1v) is 10.4. The van der Waals surface area contributed by atoms with Crippen LogP contribution in [0.15, 0.2) is 48.6 Å². The van der Waals surface area contributed by atoms with Gasteiger partial charge in [-0.1, -0.05) is 17.7 Å². The van der Waals surface area contributed by atoms with Crippen LogP contribution in [-0.4, -0.2) is 66.8 Å². The van der Waals surface area contributed by atoms with E-state index in [9.17, 15) is 48.2 Å². The highest BCUT2D eigenvalue weighted by atomic mass is 19.2. The van der Waals surface area contributed by atoms with Crippen molar-refractivity contribution in [1.82, 2.24) is 0 Å². The van der Waals surface area contributed by atoms with Crippen LogP contribution in [0.25, 0.3) is 0 Å². The van der Waals surface area contributed by atoms with E-state index in [-0.39, 0.29) is 11.1 Å². The van der Waals surface area contributed by atoms with E-state index < -0.39 is 78.7 Å². The van der Waals surface area contributed by atoms with Crippen molar-refractivity contribution in [3.8, 4) is 0 Å². The Kier molecular flexibility index (Phi) is 8.98. The molecule has 0 fully saturated rings. The number of rotatable bonds is 11. The van der Waals surface area contributed by atoms with Gasteiger partial charge in [0.15, 0.2) is 23.3 Å². The molecule has 0 aliphatic rings. The van der Waals surface area contributed by atoms with Gasteiger partial charge < -0.3 is 30.6 Å². The molecule has 6 N–H and O–H groups in total. The first-order valence-electron chi connectivity index (χ1n) is 10.4. The second kappa shape index (κ2) is 10.9. The highest BCUT2D eigenvalue weighted by Crippen LogP contribution is 2.36. The van der Waals surface area contributed by atoms with E-state index in [1.54, 1.807) is 0 Å².